The first kappa shape index (κ1) is 13.9. The molecule has 1 saturated heterocycles. The third-order valence-electron chi connectivity index (χ3n) is 3.44. The molecule has 0 amide bonds. The van der Waals surface area contributed by atoms with Crippen molar-refractivity contribution in [1.82, 2.24) is 4.31 Å². The zero-order valence-electron chi connectivity index (χ0n) is 10.4. The van der Waals surface area contributed by atoms with Crippen LogP contribution in [-0.4, -0.2) is 37.6 Å². The van der Waals surface area contributed by atoms with Gasteiger partial charge in [-0.2, -0.15) is 0 Å². The maximum absolute atomic E-state index is 12.2. The summed E-state index contributed by atoms with van der Waals surface area (Å²) in [7, 11) is -3.14. The van der Waals surface area contributed by atoms with Crippen LogP contribution in [0.4, 0.5) is 0 Å². The molecule has 0 aromatic heterocycles. The number of nitrogens with zero attached hydrogens (tertiary/aromatic N) is 1. The highest BCUT2D eigenvalue weighted by molar-refractivity contribution is 7.89. The molecule has 0 aromatic rings. The largest absolute Gasteiger partial charge is 0.329 e. The first-order valence-electron chi connectivity index (χ1n) is 6.25. The Kier molecular flexibility index (Phi) is 5.21. The van der Waals surface area contributed by atoms with Crippen molar-refractivity contribution in [2.24, 2.45) is 11.7 Å². The van der Waals surface area contributed by atoms with E-state index >= 15 is 0 Å². The van der Waals surface area contributed by atoms with Gasteiger partial charge in [0.1, 0.15) is 0 Å². The van der Waals surface area contributed by atoms with Gasteiger partial charge < -0.3 is 5.73 Å². The van der Waals surface area contributed by atoms with E-state index in [0.717, 1.165) is 19.3 Å². The van der Waals surface area contributed by atoms with Crippen LogP contribution in [0.15, 0.2) is 0 Å². The Morgan fingerprint density at radius 1 is 1.44 bits per heavy atom. The topological polar surface area (TPSA) is 63.4 Å². The summed E-state index contributed by atoms with van der Waals surface area (Å²) in [6.07, 6.45) is 3.87. The zero-order chi connectivity index (χ0) is 12.2. The van der Waals surface area contributed by atoms with Gasteiger partial charge in [0, 0.05) is 19.6 Å². The van der Waals surface area contributed by atoms with Crippen molar-refractivity contribution in [1.29, 1.82) is 0 Å². The Balaban J connectivity index is 2.64. The number of sulfonamides is 1. The van der Waals surface area contributed by atoms with Crippen LogP contribution in [0.1, 0.15) is 39.5 Å². The molecule has 2 N–H and O–H groups in total. The molecule has 1 rings (SSSR count). The summed E-state index contributed by atoms with van der Waals surface area (Å²) in [4.78, 5) is 0. The van der Waals surface area contributed by atoms with E-state index in [0.29, 0.717) is 25.4 Å². The van der Waals surface area contributed by atoms with Crippen molar-refractivity contribution < 1.29 is 8.42 Å². The van der Waals surface area contributed by atoms with E-state index in [1.165, 1.54) is 0 Å². The highest BCUT2D eigenvalue weighted by atomic mass is 32.2. The predicted octanol–water partition coefficient (Wildman–Crippen LogP) is 1.18. The number of rotatable bonds is 6. The number of nitrogens with two attached hydrogens (primary N) is 1. The molecule has 2 unspecified atom stereocenters. The van der Waals surface area contributed by atoms with E-state index in [1.54, 1.807) is 4.31 Å². The van der Waals surface area contributed by atoms with E-state index in [9.17, 15) is 8.42 Å². The summed E-state index contributed by atoms with van der Waals surface area (Å²) >= 11 is 0. The highest BCUT2D eigenvalue weighted by Gasteiger charge is 2.34. The van der Waals surface area contributed by atoms with Crippen LogP contribution in [0.25, 0.3) is 0 Å². The molecule has 0 aliphatic carbocycles. The van der Waals surface area contributed by atoms with E-state index in [2.05, 4.69) is 6.92 Å². The van der Waals surface area contributed by atoms with Gasteiger partial charge in [-0.1, -0.05) is 20.3 Å². The summed E-state index contributed by atoms with van der Waals surface area (Å²) < 4.78 is 26.0. The highest BCUT2D eigenvalue weighted by Crippen LogP contribution is 2.25. The minimum Gasteiger partial charge on any atom is -0.329 e. The zero-order valence-corrected chi connectivity index (χ0v) is 11.2. The van der Waals surface area contributed by atoms with Crippen LogP contribution < -0.4 is 5.73 Å². The fourth-order valence-electron chi connectivity index (χ4n) is 2.38. The molecule has 0 saturated carbocycles. The van der Waals surface area contributed by atoms with Crippen LogP contribution in [-0.2, 0) is 10.0 Å². The molecule has 2 atom stereocenters. The van der Waals surface area contributed by atoms with Gasteiger partial charge in [-0.3, -0.25) is 0 Å². The Morgan fingerprint density at radius 3 is 2.62 bits per heavy atom. The van der Waals surface area contributed by atoms with Crippen LogP contribution in [0, 0.1) is 5.92 Å². The molecule has 0 spiro atoms. The van der Waals surface area contributed by atoms with Gasteiger partial charge in [0.05, 0.1) is 5.25 Å². The van der Waals surface area contributed by atoms with Crippen LogP contribution in [0.2, 0.25) is 0 Å². The molecule has 1 fully saturated rings. The van der Waals surface area contributed by atoms with E-state index in [-0.39, 0.29) is 6.54 Å². The second-order valence-corrected chi connectivity index (χ2v) is 6.83. The molecule has 0 radical (unpaired) electrons. The van der Waals surface area contributed by atoms with Gasteiger partial charge in [-0.25, -0.2) is 12.7 Å². The van der Waals surface area contributed by atoms with Crippen molar-refractivity contribution in [3.63, 3.8) is 0 Å². The summed E-state index contributed by atoms with van der Waals surface area (Å²) in [5.74, 6) is 0.551. The third-order valence-corrected chi connectivity index (χ3v) is 5.86. The summed E-state index contributed by atoms with van der Waals surface area (Å²) in [6.45, 7) is 5.64. The third kappa shape index (κ3) is 2.96. The standard InChI is InChI=1S/C11H24N2O2S/c1-3-5-10-6-7-13(9-10)16(14,15)11(4-2)8-12/h10-11H,3-9,12H2,1-2H3. The van der Waals surface area contributed by atoms with Crippen LogP contribution in [0.5, 0.6) is 0 Å². The predicted molar refractivity (Wildman–Crippen MR) is 66.6 cm³/mol. The summed E-state index contributed by atoms with van der Waals surface area (Å²) in [5, 5.41) is -0.395. The van der Waals surface area contributed by atoms with Crippen molar-refractivity contribution in [2.45, 2.75) is 44.8 Å². The van der Waals surface area contributed by atoms with Gasteiger partial charge in [-0.15, -0.1) is 0 Å². The molecular weight excluding hydrogens is 224 g/mol. The average molecular weight is 248 g/mol. The lowest BCUT2D eigenvalue weighted by molar-refractivity contribution is 0.435. The van der Waals surface area contributed by atoms with Crippen molar-refractivity contribution in [2.75, 3.05) is 19.6 Å². The summed E-state index contributed by atoms with van der Waals surface area (Å²) in [6, 6.07) is 0. The first-order valence-corrected chi connectivity index (χ1v) is 7.75. The van der Waals surface area contributed by atoms with Gasteiger partial charge in [-0.05, 0) is 25.2 Å². The Labute approximate surface area is 99.2 Å². The minimum atomic E-state index is -3.14. The SMILES string of the molecule is CCCC1CCN(S(=O)(=O)C(CC)CN)C1. The lowest BCUT2D eigenvalue weighted by Crippen LogP contribution is -2.40. The van der Waals surface area contributed by atoms with Gasteiger partial charge in [0.25, 0.3) is 0 Å². The minimum absolute atomic E-state index is 0.230. The Bertz CT molecular complexity index is 299. The molecule has 1 heterocycles. The molecule has 1 aliphatic rings. The molecular formula is C11H24N2O2S. The fourth-order valence-corrected chi connectivity index (χ4v) is 4.25. The monoisotopic (exact) mass is 248 g/mol. The first-order chi connectivity index (χ1) is 7.56. The van der Waals surface area contributed by atoms with E-state index in [4.69, 9.17) is 5.73 Å². The maximum atomic E-state index is 12.2. The second-order valence-electron chi connectivity index (χ2n) is 4.61. The average Bonchev–Trinajstić information content (AvgIpc) is 2.69. The molecule has 4 nitrogen and oxygen atoms in total. The van der Waals surface area contributed by atoms with E-state index < -0.39 is 15.3 Å². The normalized spacial score (nSPS) is 24.8. The van der Waals surface area contributed by atoms with Crippen molar-refractivity contribution >= 4 is 10.0 Å². The molecule has 96 valence electrons. The molecule has 1 aliphatic heterocycles. The molecule has 0 bridgehead atoms. The quantitative estimate of drug-likeness (QED) is 0.767. The van der Waals surface area contributed by atoms with E-state index in [1.807, 2.05) is 6.92 Å². The van der Waals surface area contributed by atoms with Gasteiger partial charge in [0.15, 0.2) is 0 Å². The summed E-state index contributed by atoms with van der Waals surface area (Å²) in [5.41, 5.74) is 5.52. The lowest BCUT2D eigenvalue weighted by Gasteiger charge is -2.22. The molecule has 5 heteroatoms. The fraction of sp³-hybridized carbons (Fsp3) is 1.00. The van der Waals surface area contributed by atoms with Gasteiger partial charge >= 0.3 is 0 Å². The maximum Gasteiger partial charge on any atom is 0.218 e. The smallest absolute Gasteiger partial charge is 0.218 e. The Morgan fingerprint density at radius 2 is 2.12 bits per heavy atom. The molecule has 16 heavy (non-hydrogen) atoms. The molecule has 0 aromatic carbocycles. The van der Waals surface area contributed by atoms with Crippen LogP contribution >= 0.6 is 0 Å². The Hall–Kier alpha value is -0.130. The van der Waals surface area contributed by atoms with Crippen LogP contribution in [0.3, 0.4) is 0 Å². The second kappa shape index (κ2) is 5.98. The number of hydrogen-bond acceptors (Lipinski definition) is 3. The van der Waals surface area contributed by atoms with Gasteiger partial charge in [0.2, 0.25) is 10.0 Å². The lowest BCUT2D eigenvalue weighted by atomic mass is 10.0. The number of hydrogen-bond donors (Lipinski definition) is 1. The van der Waals surface area contributed by atoms with Crippen molar-refractivity contribution in [3.8, 4) is 0 Å². The van der Waals surface area contributed by atoms with Crippen molar-refractivity contribution in [3.05, 3.63) is 0 Å².